The number of ether oxygens (including phenoxy) is 1. The molecule has 5 heteroatoms. The standard InChI is InChI=1S/C10H14ClN3O/c1-8(2)7-15-4-3-13-10-6-12-5-9(11)14-10/h5-6H,1,3-4,7H2,2H3,(H,13,14). The molecule has 0 fully saturated rings. The Labute approximate surface area is 94.3 Å². The lowest BCUT2D eigenvalue weighted by molar-refractivity contribution is 0.167. The minimum Gasteiger partial charge on any atom is -0.375 e. The third-order valence-corrected chi connectivity index (χ3v) is 1.69. The van der Waals surface area contributed by atoms with Crippen LogP contribution in [0.25, 0.3) is 0 Å². The van der Waals surface area contributed by atoms with E-state index < -0.39 is 0 Å². The maximum atomic E-state index is 5.67. The lowest BCUT2D eigenvalue weighted by Gasteiger charge is -2.06. The zero-order chi connectivity index (χ0) is 11.1. The molecule has 0 aliphatic heterocycles. The number of hydrogen-bond donors (Lipinski definition) is 1. The summed E-state index contributed by atoms with van der Waals surface area (Å²) >= 11 is 5.67. The molecule has 0 spiro atoms. The van der Waals surface area contributed by atoms with Gasteiger partial charge in [0.1, 0.15) is 11.0 Å². The molecule has 0 saturated carbocycles. The first kappa shape index (κ1) is 11.9. The number of anilines is 1. The highest BCUT2D eigenvalue weighted by Gasteiger charge is 1.95. The second-order valence-electron chi connectivity index (χ2n) is 3.16. The van der Waals surface area contributed by atoms with Gasteiger partial charge in [-0.1, -0.05) is 23.8 Å². The fraction of sp³-hybridized carbons (Fsp3) is 0.400. The van der Waals surface area contributed by atoms with Crippen molar-refractivity contribution in [2.75, 3.05) is 25.1 Å². The topological polar surface area (TPSA) is 47.0 Å². The summed E-state index contributed by atoms with van der Waals surface area (Å²) in [4.78, 5) is 7.92. The molecule has 0 bridgehead atoms. The largest absolute Gasteiger partial charge is 0.375 e. The highest BCUT2D eigenvalue weighted by Crippen LogP contribution is 2.05. The molecule has 4 nitrogen and oxygen atoms in total. The van der Waals surface area contributed by atoms with Gasteiger partial charge in [0.2, 0.25) is 0 Å². The Morgan fingerprint density at radius 2 is 2.40 bits per heavy atom. The van der Waals surface area contributed by atoms with Gasteiger partial charge in [0.25, 0.3) is 0 Å². The van der Waals surface area contributed by atoms with Crippen LogP contribution in [0.3, 0.4) is 0 Å². The van der Waals surface area contributed by atoms with Gasteiger partial charge in [-0.3, -0.25) is 4.98 Å². The summed E-state index contributed by atoms with van der Waals surface area (Å²) < 4.78 is 5.30. The van der Waals surface area contributed by atoms with E-state index in [1.54, 1.807) is 6.20 Å². The van der Waals surface area contributed by atoms with E-state index in [-0.39, 0.29) is 0 Å². The van der Waals surface area contributed by atoms with E-state index in [0.717, 1.165) is 5.57 Å². The Bertz CT molecular complexity index is 330. The van der Waals surface area contributed by atoms with Crippen molar-refractivity contribution in [1.82, 2.24) is 9.97 Å². The van der Waals surface area contributed by atoms with Crippen molar-refractivity contribution in [2.45, 2.75) is 6.92 Å². The van der Waals surface area contributed by atoms with Crippen LogP contribution in [0.1, 0.15) is 6.92 Å². The molecule has 1 aromatic rings. The third-order valence-electron chi connectivity index (χ3n) is 1.51. The van der Waals surface area contributed by atoms with Crippen LogP contribution >= 0.6 is 11.6 Å². The van der Waals surface area contributed by atoms with Crippen molar-refractivity contribution in [2.24, 2.45) is 0 Å². The summed E-state index contributed by atoms with van der Waals surface area (Å²) in [7, 11) is 0. The first-order valence-electron chi connectivity index (χ1n) is 4.62. The van der Waals surface area contributed by atoms with Crippen molar-refractivity contribution < 1.29 is 4.74 Å². The molecule has 0 atom stereocenters. The van der Waals surface area contributed by atoms with E-state index in [0.29, 0.717) is 30.7 Å². The van der Waals surface area contributed by atoms with E-state index in [1.807, 2.05) is 6.92 Å². The molecule has 0 radical (unpaired) electrons. The van der Waals surface area contributed by atoms with E-state index in [9.17, 15) is 0 Å². The van der Waals surface area contributed by atoms with Crippen molar-refractivity contribution in [3.63, 3.8) is 0 Å². The second kappa shape index (κ2) is 6.37. The van der Waals surface area contributed by atoms with Crippen LogP contribution in [0.15, 0.2) is 24.5 Å². The minimum absolute atomic E-state index is 0.378. The first-order chi connectivity index (χ1) is 7.18. The number of rotatable bonds is 6. The zero-order valence-corrected chi connectivity index (χ0v) is 9.42. The average Bonchev–Trinajstić information content (AvgIpc) is 2.17. The van der Waals surface area contributed by atoms with Crippen LogP contribution in [-0.2, 0) is 4.74 Å². The summed E-state index contributed by atoms with van der Waals surface area (Å²) in [6.45, 7) is 7.52. The summed E-state index contributed by atoms with van der Waals surface area (Å²) in [5.41, 5.74) is 1.01. The smallest absolute Gasteiger partial charge is 0.149 e. The van der Waals surface area contributed by atoms with Gasteiger partial charge in [-0.2, -0.15) is 0 Å². The molecule has 82 valence electrons. The van der Waals surface area contributed by atoms with Crippen LogP contribution in [0, 0.1) is 0 Å². The number of hydrogen-bond acceptors (Lipinski definition) is 4. The van der Waals surface area contributed by atoms with E-state index in [4.69, 9.17) is 16.3 Å². The van der Waals surface area contributed by atoms with Gasteiger partial charge in [-0.25, -0.2) is 4.98 Å². The molecule has 0 aliphatic carbocycles. The van der Waals surface area contributed by atoms with Gasteiger partial charge in [-0.05, 0) is 6.92 Å². The molecule has 15 heavy (non-hydrogen) atoms. The SMILES string of the molecule is C=C(C)COCCNc1cncc(Cl)n1. The molecule has 1 rings (SSSR count). The van der Waals surface area contributed by atoms with Gasteiger partial charge in [0.15, 0.2) is 0 Å². The van der Waals surface area contributed by atoms with Gasteiger partial charge in [0.05, 0.1) is 25.6 Å². The van der Waals surface area contributed by atoms with Gasteiger partial charge in [-0.15, -0.1) is 0 Å². The highest BCUT2D eigenvalue weighted by molar-refractivity contribution is 6.29. The number of nitrogens with zero attached hydrogens (tertiary/aromatic N) is 2. The normalized spacial score (nSPS) is 10.0. The molecular weight excluding hydrogens is 214 g/mol. The van der Waals surface area contributed by atoms with Gasteiger partial charge < -0.3 is 10.1 Å². The predicted octanol–water partition coefficient (Wildman–Crippen LogP) is 2.13. The van der Waals surface area contributed by atoms with E-state index in [1.165, 1.54) is 6.20 Å². The van der Waals surface area contributed by atoms with Gasteiger partial charge in [0, 0.05) is 6.54 Å². The lowest BCUT2D eigenvalue weighted by Crippen LogP contribution is -2.11. The molecule has 0 amide bonds. The number of nitrogens with one attached hydrogen (secondary N) is 1. The van der Waals surface area contributed by atoms with Crippen molar-refractivity contribution >= 4 is 17.4 Å². The maximum absolute atomic E-state index is 5.67. The predicted molar refractivity (Wildman–Crippen MR) is 61.2 cm³/mol. The summed E-state index contributed by atoms with van der Waals surface area (Å²) in [5.74, 6) is 0.654. The molecule has 1 aromatic heterocycles. The molecule has 1 heterocycles. The summed E-state index contributed by atoms with van der Waals surface area (Å²) in [6.07, 6.45) is 3.11. The quantitative estimate of drug-likeness (QED) is 0.598. The molecule has 1 N–H and O–H groups in total. The number of aromatic nitrogens is 2. The Morgan fingerprint density at radius 3 is 3.07 bits per heavy atom. The minimum atomic E-state index is 0.378. The molecule has 0 aliphatic rings. The van der Waals surface area contributed by atoms with Crippen LogP contribution in [0.5, 0.6) is 0 Å². The Kier molecular flexibility index (Phi) is 5.07. The van der Waals surface area contributed by atoms with Crippen molar-refractivity contribution in [1.29, 1.82) is 0 Å². The van der Waals surface area contributed by atoms with Crippen LogP contribution in [0.4, 0.5) is 5.82 Å². The maximum Gasteiger partial charge on any atom is 0.149 e. The Balaban J connectivity index is 2.17. The Hall–Kier alpha value is -1.13. The molecule has 0 unspecified atom stereocenters. The lowest BCUT2D eigenvalue weighted by atomic mass is 10.4. The molecular formula is C10H14ClN3O. The monoisotopic (exact) mass is 227 g/mol. The summed E-state index contributed by atoms with van der Waals surface area (Å²) in [6, 6.07) is 0. The fourth-order valence-corrected chi connectivity index (χ4v) is 1.07. The van der Waals surface area contributed by atoms with E-state index >= 15 is 0 Å². The van der Waals surface area contributed by atoms with Gasteiger partial charge >= 0.3 is 0 Å². The average molecular weight is 228 g/mol. The summed E-state index contributed by atoms with van der Waals surface area (Å²) in [5, 5.41) is 3.42. The van der Waals surface area contributed by atoms with E-state index in [2.05, 4.69) is 21.9 Å². The first-order valence-corrected chi connectivity index (χ1v) is 5.00. The van der Waals surface area contributed by atoms with Crippen LogP contribution in [-0.4, -0.2) is 29.7 Å². The second-order valence-corrected chi connectivity index (χ2v) is 3.55. The van der Waals surface area contributed by atoms with Crippen molar-refractivity contribution in [3.8, 4) is 0 Å². The molecule has 0 saturated heterocycles. The zero-order valence-electron chi connectivity index (χ0n) is 8.66. The fourth-order valence-electron chi connectivity index (χ4n) is 0.925. The highest BCUT2D eigenvalue weighted by atomic mass is 35.5. The number of halogens is 1. The Morgan fingerprint density at radius 1 is 1.60 bits per heavy atom. The molecule has 0 aromatic carbocycles. The van der Waals surface area contributed by atoms with Crippen molar-refractivity contribution in [3.05, 3.63) is 29.7 Å². The van der Waals surface area contributed by atoms with Crippen LogP contribution < -0.4 is 5.32 Å². The van der Waals surface area contributed by atoms with Crippen LogP contribution in [0.2, 0.25) is 5.15 Å². The third kappa shape index (κ3) is 5.34.